The van der Waals surface area contributed by atoms with E-state index in [-0.39, 0.29) is 11.7 Å². The number of nitrogens with zero attached hydrogens (tertiary/aromatic N) is 2. The van der Waals surface area contributed by atoms with Gasteiger partial charge in [-0.05, 0) is 60.2 Å². The summed E-state index contributed by atoms with van der Waals surface area (Å²) < 4.78 is 0. The summed E-state index contributed by atoms with van der Waals surface area (Å²) in [5.74, 6) is -0.0817. The van der Waals surface area contributed by atoms with Gasteiger partial charge in [-0.25, -0.2) is 4.99 Å². The summed E-state index contributed by atoms with van der Waals surface area (Å²) in [6.45, 7) is 2.10. The Labute approximate surface area is 155 Å². The van der Waals surface area contributed by atoms with E-state index in [1.807, 2.05) is 24.3 Å². The summed E-state index contributed by atoms with van der Waals surface area (Å²) in [5.41, 5.74) is 2.54. The Morgan fingerprint density at radius 3 is 2.64 bits per heavy atom. The molecule has 2 aromatic carbocycles. The van der Waals surface area contributed by atoms with Gasteiger partial charge in [0.05, 0.1) is 10.6 Å². The van der Waals surface area contributed by atoms with Crippen LogP contribution in [-0.4, -0.2) is 28.1 Å². The number of thioether (sulfide) groups is 1. The lowest BCUT2D eigenvalue weighted by atomic mass is 10.2. The largest absolute Gasteiger partial charge is 0.507 e. The highest BCUT2D eigenvalue weighted by Gasteiger charge is 2.30. The molecule has 1 amide bonds. The number of phenolic OH excluding ortho intramolecular Hbond substituents is 1. The van der Waals surface area contributed by atoms with Crippen molar-refractivity contribution in [3.05, 3.63) is 63.5 Å². The molecule has 1 N–H and O–H groups in total. The van der Waals surface area contributed by atoms with E-state index in [0.717, 1.165) is 12.1 Å². The summed E-state index contributed by atoms with van der Waals surface area (Å²) in [5, 5.41) is 11.0. The number of aliphatic imine (C=N–C) groups is 1. The number of aromatic hydroxyl groups is 1. The maximum absolute atomic E-state index is 12.4. The highest BCUT2D eigenvalue weighted by Crippen LogP contribution is 2.35. The van der Waals surface area contributed by atoms with Crippen LogP contribution >= 0.6 is 23.4 Å². The summed E-state index contributed by atoms with van der Waals surface area (Å²) in [6.07, 6.45) is 2.60. The average Bonchev–Trinajstić information content (AvgIpc) is 2.87. The fourth-order valence-electron chi connectivity index (χ4n) is 2.35. The van der Waals surface area contributed by atoms with Crippen LogP contribution in [0.4, 0.5) is 5.69 Å². The van der Waals surface area contributed by atoms with Crippen molar-refractivity contribution in [3.8, 4) is 5.75 Å². The Bertz CT molecular complexity index is 875. The van der Waals surface area contributed by atoms with Crippen LogP contribution in [0.3, 0.4) is 0 Å². The number of hydrogen-bond acceptors (Lipinski definition) is 4. The van der Waals surface area contributed by atoms with Crippen LogP contribution in [0.1, 0.15) is 18.1 Å². The van der Waals surface area contributed by atoms with Crippen molar-refractivity contribution in [1.29, 1.82) is 0 Å². The Morgan fingerprint density at radius 2 is 1.96 bits per heavy atom. The summed E-state index contributed by atoms with van der Waals surface area (Å²) >= 11 is 7.24. The van der Waals surface area contributed by atoms with Gasteiger partial charge in [-0.15, -0.1) is 0 Å². The SMILES string of the molecule is CCc1ccc(N=C2S/C(=C/c3cc(Cl)ccc3O)C(=O)N2C)cc1. The van der Waals surface area contributed by atoms with E-state index >= 15 is 0 Å². The fourth-order valence-corrected chi connectivity index (χ4v) is 3.51. The first-order chi connectivity index (χ1) is 12.0. The van der Waals surface area contributed by atoms with E-state index in [4.69, 9.17) is 11.6 Å². The first-order valence-corrected chi connectivity index (χ1v) is 9.01. The van der Waals surface area contributed by atoms with Crippen LogP contribution < -0.4 is 0 Å². The maximum Gasteiger partial charge on any atom is 0.266 e. The third-order valence-electron chi connectivity index (χ3n) is 3.85. The zero-order valence-electron chi connectivity index (χ0n) is 13.9. The Hall–Kier alpha value is -2.24. The van der Waals surface area contributed by atoms with E-state index in [9.17, 15) is 9.90 Å². The average molecular weight is 373 g/mol. The molecule has 128 valence electrons. The number of aryl methyl sites for hydroxylation is 1. The second-order valence-electron chi connectivity index (χ2n) is 5.59. The zero-order valence-corrected chi connectivity index (χ0v) is 15.4. The molecule has 3 rings (SSSR count). The van der Waals surface area contributed by atoms with E-state index < -0.39 is 0 Å². The standard InChI is InChI=1S/C19H17ClN2O2S/c1-3-12-4-7-15(8-5-12)21-19-22(2)18(24)17(25-19)11-13-10-14(20)6-9-16(13)23/h4-11,23H,3H2,1-2H3/b17-11+,21-19?. The van der Waals surface area contributed by atoms with Gasteiger partial charge < -0.3 is 5.11 Å². The van der Waals surface area contributed by atoms with Gasteiger partial charge in [-0.1, -0.05) is 30.7 Å². The molecule has 0 atom stereocenters. The van der Waals surface area contributed by atoms with Gasteiger partial charge in [0.25, 0.3) is 5.91 Å². The maximum atomic E-state index is 12.4. The summed E-state index contributed by atoms with van der Waals surface area (Å²) in [4.78, 5) is 19.0. The molecular weight excluding hydrogens is 356 g/mol. The first-order valence-electron chi connectivity index (χ1n) is 7.81. The Kier molecular flexibility index (Phi) is 5.16. The lowest BCUT2D eigenvalue weighted by molar-refractivity contribution is -0.121. The molecule has 0 aromatic heterocycles. The molecule has 1 saturated heterocycles. The highest BCUT2D eigenvalue weighted by molar-refractivity contribution is 8.18. The van der Waals surface area contributed by atoms with E-state index in [1.165, 1.54) is 28.3 Å². The molecule has 0 unspecified atom stereocenters. The molecule has 0 radical (unpaired) electrons. The topological polar surface area (TPSA) is 52.9 Å². The van der Waals surface area contributed by atoms with Crippen molar-refractivity contribution < 1.29 is 9.90 Å². The minimum Gasteiger partial charge on any atom is -0.507 e. The fraction of sp³-hybridized carbons (Fsp3) is 0.158. The molecule has 6 heteroatoms. The van der Waals surface area contributed by atoms with Crippen LogP contribution in [0, 0.1) is 0 Å². The number of likely N-dealkylation sites (N-methyl/N-ethyl adjacent to an activating group) is 1. The lowest BCUT2D eigenvalue weighted by Gasteiger charge is -2.07. The van der Waals surface area contributed by atoms with E-state index in [1.54, 1.807) is 25.3 Å². The quantitative estimate of drug-likeness (QED) is 0.784. The normalized spacial score (nSPS) is 17.7. The van der Waals surface area contributed by atoms with Gasteiger partial charge in [-0.3, -0.25) is 9.69 Å². The van der Waals surface area contributed by atoms with Crippen LogP contribution in [0.2, 0.25) is 5.02 Å². The number of rotatable bonds is 3. The van der Waals surface area contributed by atoms with Crippen molar-refractivity contribution in [2.75, 3.05) is 7.05 Å². The molecule has 2 aromatic rings. The minimum atomic E-state index is -0.159. The first kappa shape index (κ1) is 17.6. The molecule has 1 aliphatic rings. The highest BCUT2D eigenvalue weighted by atomic mass is 35.5. The van der Waals surface area contributed by atoms with Gasteiger partial charge in [0.1, 0.15) is 5.75 Å². The van der Waals surface area contributed by atoms with E-state index in [2.05, 4.69) is 11.9 Å². The molecule has 0 aliphatic carbocycles. The number of amides is 1. The Balaban J connectivity index is 1.90. The van der Waals surface area contributed by atoms with Crippen molar-refractivity contribution >= 4 is 46.2 Å². The number of carbonyl (C=O) groups excluding carboxylic acids is 1. The van der Waals surface area contributed by atoms with Crippen molar-refractivity contribution in [2.24, 2.45) is 4.99 Å². The molecule has 0 bridgehead atoms. The molecule has 0 saturated carbocycles. The van der Waals surface area contributed by atoms with Crippen LogP contribution in [-0.2, 0) is 11.2 Å². The predicted octanol–water partition coefficient (Wildman–Crippen LogP) is 4.84. The van der Waals surface area contributed by atoms with Crippen LogP contribution in [0.25, 0.3) is 6.08 Å². The number of halogens is 1. The number of carbonyl (C=O) groups is 1. The Morgan fingerprint density at radius 1 is 1.24 bits per heavy atom. The second kappa shape index (κ2) is 7.33. The summed E-state index contributed by atoms with van der Waals surface area (Å²) in [6, 6.07) is 12.7. The third kappa shape index (κ3) is 3.89. The van der Waals surface area contributed by atoms with Crippen molar-refractivity contribution in [2.45, 2.75) is 13.3 Å². The van der Waals surface area contributed by atoms with Crippen LogP contribution in [0.5, 0.6) is 5.75 Å². The van der Waals surface area contributed by atoms with E-state index in [0.29, 0.717) is 20.7 Å². The molecule has 0 spiro atoms. The summed E-state index contributed by atoms with van der Waals surface area (Å²) in [7, 11) is 1.69. The van der Waals surface area contributed by atoms with Gasteiger partial charge in [0.2, 0.25) is 0 Å². The third-order valence-corrected chi connectivity index (χ3v) is 5.14. The second-order valence-corrected chi connectivity index (χ2v) is 7.04. The molecule has 1 heterocycles. The molecule has 1 aliphatic heterocycles. The number of amidine groups is 1. The molecular formula is C19H17ClN2O2S. The van der Waals surface area contributed by atoms with Gasteiger partial charge >= 0.3 is 0 Å². The predicted molar refractivity (Wildman–Crippen MR) is 104 cm³/mol. The minimum absolute atomic E-state index is 0.0773. The van der Waals surface area contributed by atoms with Gasteiger partial charge in [-0.2, -0.15) is 0 Å². The smallest absolute Gasteiger partial charge is 0.266 e. The lowest BCUT2D eigenvalue weighted by Crippen LogP contribution is -2.23. The monoisotopic (exact) mass is 372 g/mol. The van der Waals surface area contributed by atoms with Gasteiger partial charge in [0.15, 0.2) is 5.17 Å². The number of phenols is 1. The molecule has 4 nitrogen and oxygen atoms in total. The number of benzene rings is 2. The van der Waals surface area contributed by atoms with Crippen LogP contribution in [0.15, 0.2) is 52.4 Å². The number of hydrogen-bond donors (Lipinski definition) is 1. The molecule has 1 fully saturated rings. The van der Waals surface area contributed by atoms with Crippen molar-refractivity contribution in [3.63, 3.8) is 0 Å². The molecule has 25 heavy (non-hydrogen) atoms. The van der Waals surface area contributed by atoms with Gasteiger partial charge in [0, 0.05) is 17.6 Å². The van der Waals surface area contributed by atoms with Crippen molar-refractivity contribution in [1.82, 2.24) is 4.90 Å². The zero-order chi connectivity index (χ0) is 18.0.